The van der Waals surface area contributed by atoms with E-state index in [2.05, 4.69) is 10.4 Å². The molecule has 1 aliphatic rings. The summed E-state index contributed by atoms with van der Waals surface area (Å²) in [5.74, 6) is 1.65. The van der Waals surface area contributed by atoms with Crippen LogP contribution in [0.25, 0.3) is 0 Å². The number of hydrogen-bond donors (Lipinski definition) is 1. The number of rotatable bonds is 4. The molecular weight excluding hydrogens is 254 g/mol. The van der Waals surface area contributed by atoms with E-state index in [9.17, 15) is 0 Å². The highest BCUT2D eigenvalue weighted by molar-refractivity contribution is 5.40. The van der Waals surface area contributed by atoms with Crippen molar-refractivity contribution in [1.29, 1.82) is 0 Å². The van der Waals surface area contributed by atoms with Crippen molar-refractivity contribution in [3.05, 3.63) is 41.7 Å². The Morgan fingerprint density at radius 2 is 2.15 bits per heavy atom. The van der Waals surface area contributed by atoms with Gasteiger partial charge in [-0.05, 0) is 19.1 Å². The Labute approximate surface area is 118 Å². The number of nitrogens with zero attached hydrogens (tertiary/aromatic N) is 2. The lowest BCUT2D eigenvalue weighted by Gasteiger charge is -2.26. The Bertz CT molecular complexity index is 595. The molecule has 0 bridgehead atoms. The van der Waals surface area contributed by atoms with Crippen molar-refractivity contribution in [1.82, 2.24) is 15.1 Å². The molecule has 1 N–H and O–H groups in total. The van der Waals surface area contributed by atoms with Gasteiger partial charge in [0, 0.05) is 31.9 Å². The Morgan fingerprint density at radius 3 is 2.90 bits per heavy atom. The molecular formula is C15H19N3O2. The monoisotopic (exact) mass is 273 g/mol. The summed E-state index contributed by atoms with van der Waals surface area (Å²) in [5, 5.41) is 7.73. The molecule has 0 spiro atoms. The van der Waals surface area contributed by atoms with E-state index < -0.39 is 0 Å². The molecule has 1 aromatic heterocycles. The zero-order valence-corrected chi connectivity index (χ0v) is 11.8. The maximum absolute atomic E-state index is 5.90. The van der Waals surface area contributed by atoms with Crippen molar-refractivity contribution in [3.63, 3.8) is 0 Å². The molecule has 5 heteroatoms. The molecule has 5 nitrogen and oxygen atoms in total. The van der Waals surface area contributed by atoms with Gasteiger partial charge in [-0.2, -0.15) is 5.10 Å². The number of nitrogens with one attached hydrogen (secondary N) is 1. The van der Waals surface area contributed by atoms with E-state index in [1.54, 1.807) is 0 Å². The molecule has 1 aliphatic heterocycles. The minimum Gasteiger partial charge on any atom is -0.486 e. The quantitative estimate of drug-likeness (QED) is 0.920. The predicted octanol–water partition coefficient (Wildman–Crippen LogP) is 1.66. The first-order chi connectivity index (χ1) is 9.72. The summed E-state index contributed by atoms with van der Waals surface area (Å²) < 4.78 is 13.4. The first-order valence-electron chi connectivity index (χ1n) is 6.80. The van der Waals surface area contributed by atoms with E-state index in [1.807, 2.05) is 49.1 Å². The maximum atomic E-state index is 5.90. The molecule has 106 valence electrons. The van der Waals surface area contributed by atoms with E-state index in [0.717, 1.165) is 30.3 Å². The van der Waals surface area contributed by atoms with Crippen LogP contribution in [0.4, 0.5) is 0 Å². The Hall–Kier alpha value is -2.01. The Kier molecular flexibility index (Phi) is 3.60. The molecule has 2 heterocycles. The summed E-state index contributed by atoms with van der Waals surface area (Å²) in [4.78, 5) is 0. The lowest BCUT2D eigenvalue weighted by Crippen LogP contribution is -2.38. The lowest BCUT2D eigenvalue weighted by atomic mass is 10.2. The van der Waals surface area contributed by atoms with Gasteiger partial charge in [-0.1, -0.05) is 12.1 Å². The number of aromatic nitrogens is 2. The third kappa shape index (κ3) is 2.77. The normalized spacial score (nSPS) is 17.2. The molecule has 0 saturated carbocycles. The van der Waals surface area contributed by atoms with Gasteiger partial charge >= 0.3 is 0 Å². The van der Waals surface area contributed by atoms with Gasteiger partial charge in [0.2, 0.25) is 0 Å². The summed E-state index contributed by atoms with van der Waals surface area (Å²) in [6, 6.07) is 7.77. The van der Waals surface area contributed by atoms with Gasteiger partial charge in [0.15, 0.2) is 11.5 Å². The van der Waals surface area contributed by atoms with Crippen molar-refractivity contribution < 1.29 is 9.47 Å². The van der Waals surface area contributed by atoms with Crippen LogP contribution < -0.4 is 14.8 Å². The maximum Gasteiger partial charge on any atom is 0.161 e. The van der Waals surface area contributed by atoms with E-state index in [4.69, 9.17) is 9.47 Å². The largest absolute Gasteiger partial charge is 0.486 e. The number of fused-ring (bicyclic) bond motifs is 1. The van der Waals surface area contributed by atoms with Gasteiger partial charge in [0.1, 0.15) is 12.7 Å². The highest BCUT2D eigenvalue weighted by atomic mass is 16.6. The van der Waals surface area contributed by atoms with E-state index in [0.29, 0.717) is 6.61 Å². The second-order valence-corrected chi connectivity index (χ2v) is 5.04. The van der Waals surface area contributed by atoms with Gasteiger partial charge in [-0.25, -0.2) is 0 Å². The van der Waals surface area contributed by atoms with Crippen LogP contribution in [0.5, 0.6) is 11.5 Å². The summed E-state index contributed by atoms with van der Waals surface area (Å²) in [7, 11) is 1.94. The molecule has 0 aliphatic carbocycles. The summed E-state index contributed by atoms with van der Waals surface area (Å²) in [6.45, 7) is 4.15. The van der Waals surface area contributed by atoms with Crippen LogP contribution in [0.15, 0.2) is 30.5 Å². The molecule has 2 aromatic rings. The fourth-order valence-corrected chi connectivity index (χ4v) is 2.35. The third-order valence-corrected chi connectivity index (χ3v) is 3.37. The van der Waals surface area contributed by atoms with E-state index >= 15 is 0 Å². The van der Waals surface area contributed by atoms with Crippen molar-refractivity contribution in [2.75, 3.05) is 13.2 Å². The highest BCUT2D eigenvalue weighted by Gasteiger charge is 2.20. The molecule has 1 aromatic carbocycles. The van der Waals surface area contributed by atoms with Gasteiger partial charge in [-0.15, -0.1) is 0 Å². The average molecular weight is 273 g/mol. The standard InChI is InChI=1S/C15H19N3O2/c1-11-12(9-18(2)17-11)7-16-8-13-10-19-14-5-3-4-6-15(14)20-13/h3-6,9,13,16H,7-8,10H2,1-2H3. The smallest absolute Gasteiger partial charge is 0.161 e. The van der Waals surface area contributed by atoms with Gasteiger partial charge < -0.3 is 14.8 Å². The van der Waals surface area contributed by atoms with Crippen LogP contribution in [0.2, 0.25) is 0 Å². The van der Waals surface area contributed by atoms with Crippen molar-refractivity contribution in [3.8, 4) is 11.5 Å². The molecule has 1 unspecified atom stereocenters. The van der Waals surface area contributed by atoms with Crippen LogP contribution in [-0.4, -0.2) is 29.0 Å². The number of hydrogen-bond acceptors (Lipinski definition) is 4. The predicted molar refractivity (Wildman–Crippen MR) is 76.0 cm³/mol. The van der Waals surface area contributed by atoms with Crippen molar-refractivity contribution in [2.24, 2.45) is 7.05 Å². The van der Waals surface area contributed by atoms with Gasteiger partial charge in [0.25, 0.3) is 0 Å². The third-order valence-electron chi connectivity index (χ3n) is 3.37. The Morgan fingerprint density at radius 1 is 1.35 bits per heavy atom. The zero-order valence-electron chi connectivity index (χ0n) is 11.8. The van der Waals surface area contributed by atoms with E-state index in [-0.39, 0.29) is 6.10 Å². The molecule has 20 heavy (non-hydrogen) atoms. The molecule has 0 fully saturated rings. The topological polar surface area (TPSA) is 48.3 Å². The second kappa shape index (κ2) is 5.54. The number of benzene rings is 1. The first-order valence-corrected chi connectivity index (χ1v) is 6.80. The Balaban J connectivity index is 1.52. The first kappa shape index (κ1) is 13.0. The fraction of sp³-hybridized carbons (Fsp3) is 0.400. The van der Waals surface area contributed by atoms with Crippen LogP contribution >= 0.6 is 0 Å². The van der Waals surface area contributed by atoms with Gasteiger partial charge in [0.05, 0.1) is 5.69 Å². The molecule has 3 rings (SSSR count). The minimum atomic E-state index is 0.0434. The number of aryl methyl sites for hydroxylation is 2. The summed E-state index contributed by atoms with van der Waals surface area (Å²) >= 11 is 0. The second-order valence-electron chi connectivity index (χ2n) is 5.04. The van der Waals surface area contributed by atoms with Crippen molar-refractivity contribution in [2.45, 2.75) is 19.6 Å². The number of para-hydroxylation sites is 2. The summed E-state index contributed by atoms with van der Waals surface area (Å²) in [5.41, 5.74) is 2.27. The van der Waals surface area contributed by atoms with Gasteiger partial charge in [-0.3, -0.25) is 4.68 Å². The highest BCUT2D eigenvalue weighted by Crippen LogP contribution is 2.30. The van der Waals surface area contributed by atoms with Crippen LogP contribution in [0.1, 0.15) is 11.3 Å². The lowest BCUT2D eigenvalue weighted by molar-refractivity contribution is 0.0902. The molecule has 1 atom stereocenters. The fourth-order valence-electron chi connectivity index (χ4n) is 2.35. The van der Waals surface area contributed by atoms with Crippen LogP contribution in [0, 0.1) is 6.92 Å². The van der Waals surface area contributed by atoms with Crippen LogP contribution in [-0.2, 0) is 13.6 Å². The minimum absolute atomic E-state index is 0.0434. The van der Waals surface area contributed by atoms with E-state index in [1.165, 1.54) is 5.56 Å². The zero-order chi connectivity index (χ0) is 13.9. The molecule has 0 radical (unpaired) electrons. The van der Waals surface area contributed by atoms with Crippen LogP contribution in [0.3, 0.4) is 0 Å². The molecule has 0 amide bonds. The summed E-state index contributed by atoms with van der Waals surface area (Å²) in [6.07, 6.45) is 2.08. The van der Waals surface area contributed by atoms with Crippen molar-refractivity contribution >= 4 is 0 Å². The SMILES string of the molecule is Cc1nn(C)cc1CNCC1COc2ccccc2O1. The number of ether oxygens (including phenoxy) is 2. The average Bonchev–Trinajstić information content (AvgIpc) is 2.77. The molecule has 0 saturated heterocycles.